The van der Waals surface area contributed by atoms with E-state index in [1.165, 1.54) is 25.3 Å². The van der Waals surface area contributed by atoms with E-state index in [9.17, 15) is 27.9 Å². The van der Waals surface area contributed by atoms with Gasteiger partial charge in [-0.3, -0.25) is 9.59 Å². The van der Waals surface area contributed by atoms with Gasteiger partial charge in [0.2, 0.25) is 15.9 Å². The SMILES string of the molecule is COc1ccccc1C(=O)c1ccc(C[C@H](NC(=O)[C@@H]2CCCN2S(=O)(=O)c2cc(Cl)cc(Cl)c2)C(=O)O)cc1. The molecule has 2 N–H and O–H groups in total. The first-order valence-corrected chi connectivity index (χ1v) is 14.5. The minimum absolute atomic E-state index is 0.0758. The van der Waals surface area contributed by atoms with Crippen LogP contribution in [0.3, 0.4) is 0 Å². The molecule has 2 atom stereocenters. The topological polar surface area (TPSA) is 130 Å². The second kappa shape index (κ2) is 12.4. The van der Waals surface area contributed by atoms with Crippen molar-refractivity contribution < 1.29 is 32.6 Å². The minimum atomic E-state index is -4.12. The van der Waals surface area contributed by atoms with Crippen LogP contribution in [0.1, 0.15) is 34.3 Å². The van der Waals surface area contributed by atoms with Crippen molar-refractivity contribution >= 4 is 50.9 Å². The Kier molecular flexibility index (Phi) is 9.15. The molecule has 0 unspecified atom stereocenters. The van der Waals surface area contributed by atoms with Crippen LogP contribution in [0.5, 0.6) is 5.75 Å². The molecule has 0 aliphatic carbocycles. The normalized spacial score (nSPS) is 16.3. The van der Waals surface area contributed by atoms with Gasteiger partial charge in [0, 0.05) is 28.6 Å². The maximum atomic E-state index is 13.3. The van der Waals surface area contributed by atoms with Crippen molar-refractivity contribution in [2.45, 2.75) is 36.2 Å². The number of carboxylic acids is 1. The minimum Gasteiger partial charge on any atom is -0.496 e. The Morgan fingerprint density at radius 3 is 2.33 bits per heavy atom. The first kappa shape index (κ1) is 29.5. The van der Waals surface area contributed by atoms with Gasteiger partial charge in [-0.15, -0.1) is 0 Å². The van der Waals surface area contributed by atoms with Crippen LogP contribution in [0.2, 0.25) is 10.0 Å². The molecule has 40 heavy (non-hydrogen) atoms. The van der Waals surface area contributed by atoms with Gasteiger partial charge in [0.05, 0.1) is 17.6 Å². The summed E-state index contributed by atoms with van der Waals surface area (Å²) in [7, 11) is -2.64. The molecule has 1 amide bonds. The number of hydrogen-bond donors (Lipinski definition) is 2. The third-order valence-electron chi connectivity index (χ3n) is 6.57. The molecule has 4 rings (SSSR count). The van der Waals surface area contributed by atoms with Gasteiger partial charge in [0.15, 0.2) is 5.78 Å². The van der Waals surface area contributed by atoms with Crippen LogP contribution in [0.15, 0.2) is 71.6 Å². The molecule has 0 spiro atoms. The summed E-state index contributed by atoms with van der Waals surface area (Å²) in [6.07, 6.45) is 0.573. The zero-order chi connectivity index (χ0) is 29.0. The molecule has 1 fully saturated rings. The van der Waals surface area contributed by atoms with E-state index in [0.717, 1.165) is 4.31 Å². The molecule has 3 aromatic rings. The second-order valence-corrected chi connectivity index (χ2v) is 12.0. The molecular weight excluding hydrogens is 579 g/mol. The van der Waals surface area contributed by atoms with E-state index in [2.05, 4.69) is 5.32 Å². The van der Waals surface area contributed by atoms with E-state index in [1.807, 2.05) is 0 Å². The molecular formula is C28H26Cl2N2O7S. The molecule has 0 saturated carbocycles. The van der Waals surface area contributed by atoms with E-state index in [-0.39, 0.29) is 40.1 Å². The molecule has 210 valence electrons. The Morgan fingerprint density at radius 2 is 1.70 bits per heavy atom. The molecule has 1 aliphatic rings. The Balaban J connectivity index is 1.47. The number of nitrogens with zero attached hydrogens (tertiary/aromatic N) is 1. The molecule has 0 radical (unpaired) electrons. The highest BCUT2D eigenvalue weighted by Crippen LogP contribution is 2.30. The number of sulfonamides is 1. The fourth-order valence-corrected chi connectivity index (χ4v) is 6.97. The third-order valence-corrected chi connectivity index (χ3v) is 8.89. The lowest BCUT2D eigenvalue weighted by molar-refractivity contribution is -0.142. The van der Waals surface area contributed by atoms with Crippen LogP contribution in [0.25, 0.3) is 0 Å². The average molecular weight is 605 g/mol. The Morgan fingerprint density at radius 1 is 1.05 bits per heavy atom. The maximum Gasteiger partial charge on any atom is 0.326 e. The lowest BCUT2D eigenvalue weighted by atomic mass is 9.99. The van der Waals surface area contributed by atoms with Crippen molar-refractivity contribution in [3.05, 3.63) is 93.5 Å². The number of rotatable bonds is 10. The number of amides is 1. The van der Waals surface area contributed by atoms with Crippen molar-refractivity contribution in [1.82, 2.24) is 9.62 Å². The van der Waals surface area contributed by atoms with Crippen LogP contribution in [-0.2, 0) is 26.0 Å². The molecule has 0 aromatic heterocycles. The van der Waals surface area contributed by atoms with Gasteiger partial charge in [-0.05, 0) is 48.7 Å². The summed E-state index contributed by atoms with van der Waals surface area (Å²) in [5.41, 5.74) is 1.34. The number of carboxylic acid groups (broad SMARTS) is 1. The van der Waals surface area contributed by atoms with Crippen molar-refractivity contribution in [3.63, 3.8) is 0 Å². The van der Waals surface area contributed by atoms with Crippen LogP contribution in [-0.4, -0.2) is 61.2 Å². The number of benzene rings is 3. The van der Waals surface area contributed by atoms with E-state index >= 15 is 0 Å². The highest BCUT2D eigenvalue weighted by molar-refractivity contribution is 7.89. The lowest BCUT2D eigenvalue weighted by Crippen LogP contribution is -2.51. The first-order valence-electron chi connectivity index (χ1n) is 12.3. The third kappa shape index (κ3) is 6.47. The highest BCUT2D eigenvalue weighted by atomic mass is 35.5. The van der Waals surface area contributed by atoms with Crippen molar-refractivity contribution in [1.29, 1.82) is 0 Å². The summed E-state index contributed by atoms with van der Waals surface area (Å²) in [5, 5.41) is 12.5. The lowest BCUT2D eigenvalue weighted by Gasteiger charge is -2.25. The molecule has 12 heteroatoms. The monoisotopic (exact) mass is 604 g/mol. The number of aliphatic carboxylic acids is 1. The number of carbonyl (C=O) groups excluding carboxylic acids is 2. The standard InChI is InChI=1S/C28H26Cl2N2O7S/c1-39-25-7-3-2-5-22(25)26(33)18-10-8-17(9-11-18)13-23(28(35)36)31-27(34)24-6-4-12-32(24)40(37,38)21-15-19(29)14-20(30)16-21/h2-3,5,7-11,14-16,23-24H,4,6,12-13H2,1H3,(H,31,34)(H,35,36)/t23-,24-/m0/s1. The zero-order valence-electron chi connectivity index (χ0n) is 21.3. The van der Waals surface area contributed by atoms with Crippen molar-refractivity contribution in [3.8, 4) is 5.75 Å². The van der Waals surface area contributed by atoms with Crippen LogP contribution in [0.4, 0.5) is 0 Å². The van der Waals surface area contributed by atoms with Gasteiger partial charge in [-0.2, -0.15) is 4.31 Å². The highest BCUT2D eigenvalue weighted by Gasteiger charge is 2.40. The fourth-order valence-electron chi connectivity index (χ4n) is 4.59. The predicted octanol–water partition coefficient (Wildman–Crippen LogP) is 4.20. The second-order valence-electron chi connectivity index (χ2n) is 9.21. The van der Waals surface area contributed by atoms with E-state index < -0.39 is 34.0 Å². The Bertz CT molecular complexity index is 1520. The molecule has 1 heterocycles. The number of hydrogen-bond acceptors (Lipinski definition) is 6. The zero-order valence-corrected chi connectivity index (χ0v) is 23.7. The van der Waals surface area contributed by atoms with Gasteiger partial charge in [0.1, 0.15) is 17.8 Å². The summed E-state index contributed by atoms with van der Waals surface area (Å²) in [5.74, 6) is -1.82. The van der Waals surface area contributed by atoms with Gasteiger partial charge < -0.3 is 15.2 Å². The molecule has 1 saturated heterocycles. The molecule has 9 nitrogen and oxygen atoms in total. The largest absolute Gasteiger partial charge is 0.496 e. The van der Waals surface area contributed by atoms with E-state index in [0.29, 0.717) is 28.9 Å². The van der Waals surface area contributed by atoms with Crippen LogP contribution < -0.4 is 10.1 Å². The summed E-state index contributed by atoms with van der Waals surface area (Å²) < 4.78 is 32.8. The first-order chi connectivity index (χ1) is 19.0. The predicted molar refractivity (Wildman–Crippen MR) is 150 cm³/mol. The summed E-state index contributed by atoms with van der Waals surface area (Å²) >= 11 is 12.0. The van der Waals surface area contributed by atoms with Crippen molar-refractivity contribution in [2.75, 3.05) is 13.7 Å². The quantitative estimate of drug-likeness (QED) is 0.332. The number of carbonyl (C=O) groups is 3. The Labute approximate surface area is 241 Å². The van der Waals surface area contributed by atoms with Gasteiger partial charge in [-0.25, -0.2) is 13.2 Å². The summed E-state index contributed by atoms with van der Waals surface area (Å²) in [6.45, 7) is 0.0873. The summed E-state index contributed by atoms with van der Waals surface area (Å²) in [4.78, 5) is 37.9. The summed E-state index contributed by atoms with van der Waals surface area (Å²) in [6, 6.07) is 14.7. The van der Waals surface area contributed by atoms with E-state index in [1.54, 1.807) is 48.5 Å². The van der Waals surface area contributed by atoms with E-state index in [4.69, 9.17) is 27.9 Å². The number of methoxy groups -OCH3 is 1. The van der Waals surface area contributed by atoms with Gasteiger partial charge >= 0.3 is 5.97 Å². The Hall–Kier alpha value is -3.44. The van der Waals surface area contributed by atoms with Crippen LogP contribution >= 0.6 is 23.2 Å². The smallest absolute Gasteiger partial charge is 0.326 e. The average Bonchev–Trinajstić information content (AvgIpc) is 3.43. The van der Waals surface area contributed by atoms with Gasteiger partial charge in [0.25, 0.3) is 0 Å². The number of halogens is 2. The fraction of sp³-hybridized carbons (Fsp3) is 0.250. The number of ketones is 1. The maximum absolute atomic E-state index is 13.3. The van der Waals surface area contributed by atoms with Gasteiger partial charge in [-0.1, -0.05) is 59.6 Å². The van der Waals surface area contributed by atoms with Crippen LogP contribution in [0, 0.1) is 0 Å². The molecule has 1 aliphatic heterocycles. The van der Waals surface area contributed by atoms with Crippen molar-refractivity contribution in [2.24, 2.45) is 0 Å². The number of nitrogens with one attached hydrogen (secondary N) is 1. The molecule has 0 bridgehead atoms. The molecule has 3 aromatic carbocycles. The number of ether oxygens (including phenoxy) is 1. The number of para-hydroxylation sites is 1.